The molecule has 2 heterocycles. The summed E-state index contributed by atoms with van der Waals surface area (Å²) in [5.74, 6) is 0.468. The molecule has 4 rings (SSSR count). The topological polar surface area (TPSA) is 79.4 Å². The van der Waals surface area contributed by atoms with Crippen LogP contribution >= 0.6 is 0 Å². The Morgan fingerprint density at radius 2 is 2.21 bits per heavy atom. The van der Waals surface area contributed by atoms with Crippen molar-refractivity contribution in [3.05, 3.63) is 77.0 Å². The lowest BCUT2D eigenvalue weighted by atomic mass is 9.94. The third-order valence-electron chi connectivity index (χ3n) is 5.59. The second-order valence-electron chi connectivity index (χ2n) is 8.70. The van der Waals surface area contributed by atoms with Gasteiger partial charge in [-0.15, -0.1) is 0 Å². The van der Waals surface area contributed by atoms with Gasteiger partial charge in [0.2, 0.25) is 5.95 Å². The Bertz CT molecular complexity index is 1100. The number of hydrogen-bond donors (Lipinski definition) is 2. The van der Waals surface area contributed by atoms with Gasteiger partial charge in [0.05, 0.1) is 24.9 Å². The van der Waals surface area contributed by atoms with Crippen LogP contribution in [0, 0.1) is 6.92 Å². The third kappa shape index (κ3) is 6.15. The summed E-state index contributed by atoms with van der Waals surface area (Å²) in [5.41, 5.74) is 5.72. The number of fused-ring (bicyclic) bond motifs is 7. The fourth-order valence-electron chi connectivity index (χ4n) is 3.90. The molecule has 1 aliphatic carbocycles. The van der Waals surface area contributed by atoms with Gasteiger partial charge in [-0.25, -0.2) is 9.97 Å². The smallest absolute Gasteiger partial charge is 0.251 e. The molecule has 1 amide bonds. The van der Waals surface area contributed by atoms with E-state index < -0.39 is 0 Å². The minimum absolute atomic E-state index is 0.0787. The number of nitrogens with one attached hydrogen (secondary N) is 2. The highest BCUT2D eigenvalue weighted by molar-refractivity contribution is 5.97. The zero-order valence-corrected chi connectivity index (χ0v) is 19.5. The summed E-state index contributed by atoms with van der Waals surface area (Å²) in [5, 5.41) is 6.42. The van der Waals surface area contributed by atoms with Gasteiger partial charge in [-0.2, -0.15) is 0 Å². The molecule has 33 heavy (non-hydrogen) atoms. The molecule has 6 bridgehead atoms. The van der Waals surface area contributed by atoms with Crippen molar-refractivity contribution < 1.29 is 9.53 Å². The van der Waals surface area contributed by atoms with Crippen LogP contribution in [0.25, 0.3) is 11.3 Å². The van der Waals surface area contributed by atoms with Crippen molar-refractivity contribution in [2.45, 2.75) is 26.0 Å². The standard InChI is InChI=1S/C26H31N5O2/c1-18-16-28-26-29-23-14-19(12-22(15-23)25(32)27-9-10-31(2)3)7-5-11-33-17-20-6-4-8-21(13-20)24(18)30-26/h4-8,12-13,15-16,23H,9-11,14,17H2,1-3H3,(H,27,32)(H,28,29,30)/b7-5+. The van der Waals surface area contributed by atoms with Crippen molar-refractivity contribution in [3.8, 4) is 11.3 Å². The summed E-state index contributed by atoms with van der Waals surface area (Å²) in [6.45, 7) is 4.42. The number of likely N-dealkylation sites (N-methyl/N-ethyl adjacent to an activating group) is 1. The Morgan fingerprint density at radius 1 is 1.33 bits per heavy atom. The van der Waals surface area contributed by atoms with E-state index in [0.717, 1.165) is 40.9 Å². The number of aromatic nitrogens is 2. The van der Waals surface area contributed by atoms with Crippen molar-refractivity contribution in [2.24, 2.45) is 0 Å². The van der Waals surface area contributed by atoms with E-state index >= 15 is 0 Å². The van der Waals surface area contributed by atoms with Crippen LogP contribution in [-0.4, -0.2) is 60.6 Å². The van der Waals surface area contributed by atoms with Gasteiger partial charge in [0.15, 0.2) is 0 Å². The predicted octanol–water partition coefficient (Wildman–Crippen LogP) is 3.25. The van der Waals surface area contributed by atoms with E-state index in [0.29, 0.717) is 31.3 Å². The minimum atomic E-state index is -0.0998. The SMILES string of the molecule is Cc1cnc2nc1-c1cccc(c1)COC/C=C/C1=CC(C(=O)NCCN(C)C)=CC(C1)N2. The van der Waals surface area contributed by atoms with Crippen LogP contribution in [0.5, 0.6) is 0 Å². The molecule has 1 unspecified atom stereocenters. The molecule has 0 radical (unpaired) electrons. The van der Waals surface area contributed by atoms with Gasteiger partial charge < -0.3 is 20.3 Å². The lowest BCUT2D eigenvalue weighted by Crippen LogP contribution is -2.33. The quantitative estimate of drug-likeness (QED) is 0.752. The number of hydrogen-bond acceptors (Lipinski definition) is 6. The number of amides is 1. The summed E-state index contributed by atoms with van der Waals surface area (Å²) >= 11 is 0. The fourth-order valence-corrected chi connectivity index (χ4v) is 3.90. The lowest BCUT2D eigenvalue weighted by molar-refractivity contribution is -0.117. The monoisotopic (exact) mass is 445 g/mol. The van der Waals surface area contributed by atoms with Gasteiger partial charge in [0.25, 0.3) is 5.91 Å². The van der Waals surface area contributed by atoms with E-state index in [9.17, 15) is 4.79 Å². The molecule has 7 nitrogen and oxygen atoms in total. The van der Waals surface area contributed by atoms with Gasteiger partial charge in [0, 0.05) is 30.4 Å². The Hall–Kier alpha value is -3.29. The van der Waals surface area contributed by atoms with Crippen LogP contribution in [-0.2, 0) is 16.1 Å². The molecule has 1 aromatic heterocycles. The maximum atomic E-state index is 12.8. The third-order valence-corrected chi connectivity index (χ3v) is 5.59. The van der Waals surface area contributed by atoms with E-state index in [-0.39, 0.29) is 11.9 Å². The number of benzene rings is 1. The molecule has 0 saturated heterocycles. The zero-order chi connectivity index (χ0) is 23.2. The largest absolute Gasteiger partial charge is 0.373 e. The summed E-state index contributed by atoms with van der Waals surface area (Å²) < 4.78 is 5.86. The molecule has 1 aromatic carbocycles. The molecule has 2 aliphatic rings. The van der Waals surface area contributed by atoms with Crippen LogP contribution < -0.4 is 10.6 Å². The van der Waals surface area contributed by atoms with Crippen molar-refractivity contribution >= 4 is 11.9 Å². The summed E-state index contributed by atoms with van der Waals surface area (Å²) in [6, 6.07) is 8.15. The molecule has 0 fully saturated rings. The van der Waals surface area contributed by atoms with Crippen LogP contribution in [0.2, 0.25) is 0 Å². The second kappa shape index (κ2) is 10.6. The maximum Gasteiger partial charge on any atom is 0.251 e. The Labute approximate surface area is 195 Å². The number of aryl methyl sites for hydroxylation is 1. The highest BCUT2D eigenvalue weighted by Crippen LogP contribution is 2.26. The molecule has 0 saturated carbocycles. The number of nitrogens with zero attached hydrogens (tertiary/aromatic N) is 3. The van der Waals surface area contributed by atoms with E-state index in [1.165, 1.54) is 0 Å². The van der Waals surface area contributed by atoms with Gasteiger partial charge in [-0.3, -0.25) is 4.79 Å². The number of allylic oxidation sites excluding steroid dienone is 1. The van der Waals surface area contributed by atoms with Crippen molar-refractivity contribution in [1.29, 1.82) is 0 Å². The fraction of sp³-hybridized carbons (Fsp3) is 0.346. The number of rotatable bonds is 4. The molecule has 172 valence electrons. The van der Waals surface area contributed by atoms with Crippen LogP contribution in [0.15, 0.2) is 65.9 Å². The van der Waals surface area contributed by atoms with Gasteiger partial charge in [0.1, 0.15) is 0 Å². The van der Waals surface area contributed by atoms with E-state index in [1.54, 1.807) is 0 Å². The van der Waals surface area contributed by atoms with Crippen LogP contribution in [0.3, 0.4) is 0 Å². The first-order valence-corrected chi connectivity index (χ1v) is 11.3. The first kappa shape index (κ1) is 22.9. The van der Waals surface area contributed by atoms with Crippen molar-refractivity contribution in [1.82, 2.24) is 20.2 Å². The highest BCUT2D eigenvalue weighted by Gasteiger charge is 2.20. The summed E-state index contributed by atoms with van der Waals surface area (Å²) in [4.78, 5) is 24.2. The minimum Gasteiger partial charge on any atom is -0.373 e. The second-order valence-corrected chi connectivity index (χ2v) is 8.70. The summed E-state index contributed by atoms with van der Waals surface area (Å²) in [7, 11) is 3.97. The van der Waals surface area contributed by atoms with Crippen LogP contribution in [0.1, 0.15) is 17.5 Å². The average molecular weight is 446 g/mol. The van der Waals surface area contributed by atoms with E-state index in [4.69, 9.17) is 9.72 Å². The van der Waals surface area contributed by atoms with Gasteiger partial charge >= 0.3 is 0 Å². The first-order chi connectivity index (χ1) is 16.0. The first-order valence-electron chi connectivity index (χ1n) is 11.3. The zero-order valence-electron chi connectivity index (χ0n) is 19.5. The molecular weight excluding hydrogens is 414 g/mol. The average Bonchev–Trinajstić information content (AvgIpc) is 2.79. The molecule has 1 aliphatic heterocycles. The highest BCUT2D eigenvalue weighted by atomic mass is 16.5. The molecule has 1 atom stereocenters. The Kier molecular flexibility index (Phi) is 7.32. The van der Waals surface area contributed by atoms with Gasteiger partial charge in [-0.1, -0.05) is 30.4 Å². The number of carbonyl (C=O) groups is 1. The normalized spacial score (nSPS) is 18.8. The van der Waals surface area contributed by atoms with Gasteiger partial charge in [-0.05, 0) is 62.4 Å². The Balaban J connectivity index is 1.64. The maximum absolute atomic E-state index is 12.8. The van der Waals surface area contributed by atoms with Crippen molar-refractivity contribution in [2.75, 3.05) is 39.1 Å². The van der Waals surface area contributed by atoms with Crippen molar-refractivity contribution in [3.63, 3.8) is 0 Å². The van der Waals surface area contributed by atoms with E-state index in [2.05, 4.69) is 33.8 Å². The van der Waals surface area contributed by atoms with Crippen LogP contribution in [0.4, 0.5) is 5.95 Å². The Morgan fingerprint density at radius 3 is 3.06 bits per heavy atom. The molecule has 7 heteroatoms. The summed E-state index contributed by atoms with van der Waals surface area (Å²) in [6.07, 6.45) is 10.5. The number of ether oxygens (including phenoxy) is 1. The predicted molar refractivity (Wildman–Crippen MR) is 131 cm³/mol. The lowest BCUT2D eigenvalue weighted by Gasteiger charge is -2.22. The number of carbonyl (C=O) groups excluding carboxylic acids is 1. The molecular formula is C26H31N5O2. The molecule has 0 spiro atoms. The molecule has 2 aromatic rings. The number of anilines is 1. The van der Waals surface area contributed by atoms with E-state index in [1.807, 2.05) is 62.5 Å². The molecule has 2 N–H and O–H groups in total.